The highest BCUT2D eigenvalue weighted by molar-refractivity contribution is 6.17. The number of likely N-dealkylation sites (tertiary alicyclic amines) is 1. The molecule has 3 aromatic carbocycles. The number of carbonyl (C=O) groups excluding carboxylic acids is 3. The zero-order valence-corrected chi connectivity index (χ0v) is 47.7. The van der Waals surface area contributed by atoms with Crippen molar-refractivity contribution in [2.45, 2.75) is 89.2 Å². The van der Waals surface area contributed by atoms with Crippen LogP contribution in [-0.2, 0) is 58.7 Å². The van der Waals surface area contributed by atoms with Crippen LogP contribution >= 0.6 is 11.6 Å². The number of rotatable bonds is 44. The minimum absolute atomic E-state index is 0.185. The third kappa shape index (κ3) is 24.1. The minimum Gasteiger partial charge on any atom is -0.493 e. The average Bonchev–Trinajstić information content (AvgIpc) is 3.52. The van der Waals surface area contributed by atoms with Crippen molar-refractivity contribution in [2.24, 2.45) is 0 Å². The Morgan fingerprint density at radius 2 is 1.19 bits per heavy atom. The molecule has 1 aliphatic rings. The first-order valence-corrected chi connectivity index (χ1v) is 27.9. The van der Waals surface area contributed by atoms with Crippen LogP contribution in [-0.4, -0.2) is 182 Å². The molecular formula is C58H87ClN2O17. The summed E-state index contributed by atoms with van der Waals surface area (Å²) in [5.74, 6) is 2.03. The van der Waals surface area contributed by atoms with Gasteiger partial charge in [0, 0.05) is 25.6 Å². The topological polar surface area (TPSA) is 196 Å². The van der Waals surface area contributed by atoms with Crippen molar-refractivity contribution < 1.29 is 80.7 Å². The molecule has 1 fully saturated rings. The molecule has 0 bridgehead atoms. The summed E-state index contributed by atoms with van der Waals surface area (Å²) in [6, 6.07) is 15.6. The van der Waals surface area contributed by atoms with Gasteiger partial charge in [-0.05, 0) is 104 Å². The van der Waals surface area contributed by atoms with Gasteiger partial charge in [0.25, 0.3) is 5.91 Å². The smallest absolute Gasteiger partial charge is 0.329 e. The van der Waals surface area contributed by atoms with Crippen LogP contribution in [0.25, 0.3) is 0 Å². The Hall–Kier alpha value is -5.12. The van der Waals surface area contributed by atoms with Crippen LogP contribution in [0.2, 0.25) is 0 Å². The van der Waals surface area contributed by atoms with Crippen molar-refractivity contribution in [3.63, 3.8) is 0 Å². The number of aryl methyl sites for hydroxylation is 1. The second-order valence-corrected chi connectivity index (χ2v) is 18.6. The lowest BCUT2D eigenvalue weighted by Crippen LogP contribution is -2.50. The van der Waals surface area contributed by atoms with E-state index < -0.39 is 24.0 Å². The number of ether oxygens (including phenoxy) is 14. The number of alkyl halides is 1. The molecule has 0 saturated carbocycles. The standard InChI is InChI=1S/C58H87ClN2O17/c1-7-48(46-41-53(67-4)56(69-6)54(42-46)68-5)57(63)61-24-12-10-17-49(61)58(64)78-50(20-18-44-19-21-51(65-2)52(39-44)66-3)45-15-14-16-47(40-45)77-43-55(62)60-23-26-71-28-30-73-32-34-75-36-38-76-37-35-74-33-31-72-29-27-70-25-13-9-8-11-22-59/h14-16,19,21,39-42,48-50H,7-13,17-18,20,22-38,43H2,1-6H3,(H,60,62). The van der Waals surface area contributed by atoms with Gasteiger partial charge in [-0.1, -0.05) is 38.0 Å². The predicted molar refractivity (Wildman–Crippen MR) is 295 cm³/mol. The fraction of sp³-hybridized carbons (Fsp3) is 0.638. The van der Waals surface area contributed by atoms with Gasteiger partial charge >= 0.3 is 5.97 Å². The van der Waals surface area contributed by atoms with E-state index in [-0.39, 0.29) is 25.0 Å². The molecule has 0 aromatic heterocycles. The van der Waals surface area contributed by atoms with Crippen LogP contribution in [0.1, 0.15) is 93.4 Å². The maximum atomic E-state index is 14.5. The summed E-state index contributed by atoms with van der Waals surface area (Å²) in [6.07, 6.45) is 7.01. The van der Waals surface area contributed by atoms with Crippen molar-refractivity contribution in [1.29, 1.82) is 0 Å². The number of esters is 1. The fourth-order valence-electron chi connectivity index (χ4n) is 8.68. The van der Waals surface area contributed by atoms with Gasteiger partial charge in [-0.2, -0.15) is 0 Å². The highest BCUT2D eigenvalue weighted by Crippen LogP contribution is 2.42. The number of hydrogen-bond donors (Lipinski definition) is 1. The molecule has 4 rings (SSSR count). The van der Waals surface area contributed by atoms with Crippen LogP contribution < -0.4 is 33.7 Å². The zero-order chi connectivity index (χ0) is 56.0. The van der Waals surface area contributed by atoms with Gasteiger partial charge in [-0.3, -0.25) is 9.59 Å². The molecule has 1 N–H and O–H groups in total. The molecule has 0 aliphatic carbocycles. The summed E-state index contributed by atoms with van der Waals surface area (Å²) in [5, 5.41) is 2.81. The first-order chi connectivity index (χ1) is 38.2. The van der Waals surface area contributed by atoms with Crippen LogP contribution in [0.4, 0.5) is 0 Å². The summed E-state index contributed by atoms with van der Waals surface area (Å²) in [5.41, 5.74) is 2.30. The normalized spacial score (nSPS) is 14.1. The number of unbranched alkanes of at least 4 members (excludes halogenated alkanes) is 3. The Balaban J connectivity index is 1.17. The first kappa shape index (κ1) is 65.4. The van der Waals surface area contributed by atoms with E-state index in [1.165, 1.54) is 21.3 Å². The van der Waals surface area contributed by atoms with Gasteiger partial charge in [0.05, 0.1) is 127 Å². The molecule has 3 unspecified atom stereocenters. The van der Waals surface area contributed by atoms with Gasteiger partial charge in [-0.25, -0.2) is 4.79 Å². The molecule has 20 heteroatoms. The van der Waals surface area contributed by atoms with Crippen molar-refractivity contribution in [2.75, 3.05) is 154 Å². The van der Waals surface area contributed by atoms with Crippen molar-refractivity contribution >= 4 is 29.4 Å². The number of methoxy groups -OCH3 is 5. The number of nitrogens with zero attached hydrogens (tertiary/aromatic N) is 1. The second-order valence-electron chi connectivity index (χ2n) is 18.2. The largest absolute Gasteiger partial charge is 0.493 e. The summed E-state index contributed by atoms with van der Waals surface area (Å²) >= 11 is 5.68. The van der Waals surface area contributed by atoms with E-state index in [1.54, 1.807) is 49.5 Å². The van der Waals surface area contributed by atoms with Gasteiger partial charge in [0.1, 0.15) is 17.9 Å². The van der Waals surface area contributed by atoms with E-state index in [2.05, 4.69) is 5.32 Å². The van der Waals surface area contributed by atoms with Crippen LogP contribution in [0.5, 0.6) is 34.5 Å². The maximum Gasteiger partial charge on any atom is 0.329 e. The maximum absolute atomic E-state index is 14.5. The molecule has 1 aliphatic heterocycles. The molecule has 0 spiro atoms. The molecule has 19 nitrogen and oxygen atoms in total. The van der Waals surface area contributed by atoms with Gasteiger partial charge in [0.2, 0.25) is 11.7 Å². The van der Waals surface area contributed by atoms with Gasteiger partial charge in [-0.15, -0.1) is 11.6 Å². The number of carbonyl (C=O) groups is 3. The molecule has 0 radical (unpaired) electrons. The van der Waals surface area contributed by atoms with E-state index in [1.807, 2.05) is 31.2 Å². The molecule has 1 heterocycles. The monoisotopic (exact) mass is 1120 g/mol. The van der Waals surface area contributed by atoms with Crippen molar-refractivity contribution in [1.82, 2.24) is 10.2 Å². The van der Waals surface area contributed by atoms with Crippen molar-refractivity contribution in [3.8, 4) is 34.5 Å². The lowest BCUT2D eigenvalue weighted by molar-refractivity contribution is -0.162. The Morgan fingerprint density at radius 1 is 0.615 bits per heavy atom. The molecule has 2 amide bonds. The number of halogens is 1. The molecule has 3 atom stereocenters. The number of hydrogen-bond acceptors (Lipinski definition) is 17. The summed E-state index contributed by atoms with van der Waals surface area (Å²) in [4.78, 5) is 43.4. The van der Waals surface area contributed by atoms with Crippen LogP contribution in [0, 0.1) is 0 Å². The molecule has 438 valence electrons. The molecule has 78 heavy (non-hydrogen) atoms. The summed E-state index contributed by atoms with van der Waals surface area (Å²) in [6.45, 7) is 9.07. The Kier molecular flexibility index (Phi) is 33.6. The fourth-order valence-corrected chi connectivity index (χ4v) is 8.87. The Morgan fingerprint density at radius 3 is 1.76 bits per heavy atom. The quantitative estimate of drug-likeness (QED) is 0.0325. The number of amides is 2. The summed E-state index contributed by atoms with van der Waals surface area (Å²) < 4.78 is 79.0. The van der Waals surface area contributed by atoms with Crippen LogP contribution in [0.3, 0.4) is 0 Å². The third-order valence-electron chi connectivity index (χ3n) is 12.8. The van der Waals surface area contributed by atoms with E-state index in [4.69, 9.17) is 77.9 Å². The van der Waals surface area contributed by atoms with Gasteiger partial charge < -0.3 is 76.5 Å². The Labute approximate surface area is 467 Å². The molecular weight excluding hydrogens is 1030 g/mol. The van der Waals surface area contributed by atoms with Crippen LogP contribution in [0.15, 0.2) is 54.6 Å². The van der Waals surface area contributed by atoms with E-state index >= 15 is 0 Å². The SMILES string of the molecule is CCC(C(=O)N1CCCCC1C(=O)OC(CCc1ccc(OC)c(OC)c1)c1cccc(OCC(=O)NCCOCCOCCOCCOCCOCCOCCOCCCCCCCl)c1)c1cc(OC)c(OC)c(OC)c1. The lowest BCUT2D eigenvalue weighted by Gasteiger charge is -2.37. The van der Waals surface area contributed by atoms with Crippen molar-refractivity contribution in [3.05, 3.63) is 71.3 Å². The van der Waals surface area contributed by atoms with E-state index in [9.17, 15) is 14.4 Å². The number of nitrogens with one attached hydrogen (secondary N) is 1. The zero-order valence-electron chi connectivity index (χ0n) is 47.0. The first-order valence-electron chi connectivity index (χ1n) is 27.3. The highest BCUT2D eigenvalue weighted by atomic mass is 35.5. The molecule has 3 aromatic rings. The summed E-state index contributed by atoms with van der Waals surface area (Å²) in [7, 11) is 7.75. The second kappa shape index (κ2) is 40.1. The third-order valence-corrected chi connectivity index (χ3v) is 13.1. The Bertz CT molecular complexity index is 2110. The minimum atomic E-state index is -0.806. The highest BCUT2D eigenvalue weighted by Gasteiger charge is 2.38. The van der Waals surface area contributed by atoms with E-state index in [0.717, 1.165) is 56.6 Å². The average molecular weight is 1120 g/mol. The number of piperidine rings is 1. The van der Waals surface area contributed by atoms with E-state index in [0.29, 0.717) is 164 Å². The number of benzene rings is 3. The predicted octanol–water partition coefficient (Wildman–Crippen LogP) is 7.93. The molecule has 1 saturated heterocycles. The van der Waals surface area contributed by atoms with Gasteiger partial charge in [0.15, 0.2) is 29.6 Å². The lowest BCUT2D eigenvalue weighted by atomic mass is 9.91.